The highest BCUT2D eigenvalue weighted by molar-refractivity contribution is 5.85. The van der Waals surface area contributed by atoms with Gasteiger partial charge in [-0.2, -0.15) is 13.2 Å². The largest absolute Gasteiger partial charge is 0.490 e. The lowest BCUT2D eigenvalue weighted by Gasteiger charge is -2.33. The van der Waals surface area contributed by atoms with Crippen molar-refractivity contribution in [2.75, 3.05) is 26.2 Å². The molecule has 2 fully saturated rings. The summed E-state index contributed by atoms with van der Waals surface area (Å²) in [7, 11) is 0. The summed E-state index contributed by atoms with van der Waals surface area (Å²) in [6, 6.07) is 7.47. The number of halogens is 4. The Balaban J connectivity index is 1.39. The van der Waals surface area contributed by atoms with Crippen molar-refractivity contribution in [3.8, 4) is 5.75 Å². The molecule has 31 heavy (non-hydrogen) atoms. The maximum atomic E-state index is 13.5. The van der Waals surface area contributed by atoms with E-state index in [-0.39, 0.29) is 42.4 Å². The molecular formula is C22H25F4N3O2. The molecule has 168 valence electrons. The van der Waals surface area contributed by atoms with Crippen LogP contribution in [0.3, 0.4) is 0 Å². The van der Waals surface area contributed by atoms with Gasteiger partial charge in [0.15, 0.2) is 0 Å². The molecule has 2 aliphatic heterocycles. The minimum atomic E-state index is -4.56. The Morgan fingerprint density at radius 1 is 1.23 bits per heavy atom. The number of aromatic nitrogens is 1. The average Bonchev–Trinajstić information content (AvgIpc) is 3.07. The number of nitrogens with zero attached hydrogens (tertiary/aromatic N) is 3. The number of benzene rings is 1. The van der Waals surface area contributed by atoms with E-state index in [9.17, 15) is 22.4 Å². The molecule has 1 amide bonds. The van der Waals surface area contributed by atoms with Crippen molar-refractivity contribution in [2.24, 2.45) is 0 Å². The fourth-order valence-corrected chi connectivity index (χ4v) is 4.35. The Labute approximate surface area is 178 Å². The van der Waals surface area contributed by atoms with Crippen molar-refractivity contribution >= 4 is 16.8 Å². The zero-order valence-electron chi connectivity index (χ0n) is 17.2. The first-order valence-electron chi connectivity index (χ1n) is 10.5. The van der Waals surface area contributed by atoms with Crippen LogP contribution in [0, 0.1) is 0 Å². The van der Waals surface area contributed by atoms with Crippen molar-refractivity contribution in [1.82, 2.24) is 14.8 Å². The number of carbonyl (C=O) groups is 1. The molecule has 0 saturated carbocycles. The summed E-state index contributed by atoms with van der Waals surface area (Å²) in [5.41, 5.74) is -0.739. The SMILES string of the molecule is C[C@@H]1C[C@H](F)CN1C(=O)CN1CCC(Oc2cc(C(F)(F)F)nc3ccccc23)CC1. The van der Waals surface area contributed by atoms with E-state index in [0.29, 0.717) is 37.7 Å². The van der Waals surface area contributed by atoms with Gasteiger partial charge >= 0.3 is 6.18 Å². The third kappa shape index (κ3) is 4.92. The van der Waals surface area contributed by atoms with Crippen LogP contribution >= 0.6 is 0 Å². The van der Waals surface area contributed by atoms with Gasteiger partial charge in [-0.05, 0) is 31.9 Å². The first-order chi connectivity index (χ1) is 14.7. The average molecular weight is 439 g/mol. The van der Waals surface area contributed by atoms with Crippen LogP contribution in [0.25, 0.3) is 10.9 Å². The van der Waals surface area contributed by atoms with Crippen LogP contribution in [0.1, 0.15) is 31.9 Å². The standard InChI is InChI=1S/C22H25F4N3O2/c1-14-10-15(23)12-29(14)21(30)13-28-8-6-16(7-9-28)31-19-11-20(22(24,25)26)27-18-5-3-2-4-17(18)19/h2-5,11,14-16H,6-10,12-13H2,1H3/t14-,15+/m1/s1. The van der Waals surface area contributed by atoms with Crippen molar-refractivity contribution in [1.29, 1.82) is 0 Å². The summed E-state index contributed by atoms with van der Waals surface area (Å²) in [4.78, 5) is 19.8. The van der Waals surface area contributed by atoms with Gasteiger partial charge in [-0.15, -0.1) is 0 Å². The molecule has 2 atom stereocenters. The smallest absolute Gasteiger partial charge is 0.433 e. The van der Waals surface area contributed by atoms with Gasteiger partial charge in [0.05, 0.1) is 18.6 Å². The Kier molecular flexibility index (Phi) is 6.05. The van der Waals surface area contributed by atoms with Crippen molar-refractivity contribution in [3.05, 3.63) is 36.0 Å². The third-order valence-corrected chi connectivity index (χ3v) is 6.00. The zero-order valence-corrected chi connectivity index (χ0v) is 17.2. The minimum Gasteiger partial charge on any atom is -0.490 e. The Morgan fingerprint density at radius 3 is 2.58 bits per heavy atom. The number of alkyl halides is 4. The molecule has 0 bridgehead atoms. The van der Waals surface area contributed by atoms with Gasteiger partial charge in [0, 0.05) is 37.0 Å². The molecule has 9 heteroatoms. The number of amides is 1. The monoisotopic (exact) mass is 439 g/mol. The van der Waals surface area contributed by atoms with Gasteiger partial charge in [0.2, 0.25) is 5.91 Å². The predicted molar refractivity (Wildman–Crippen MR) is 108 cm³/mol. The van der Waals surface area contributed by atoms with E-state index < -0.39 is 18.0 Å². The van der Waals surface area contributed by atoms with Crippen LogP contribution in [0.15, 0.2) is 30.3 Å². The Morgan fingerprint density at radius 2 is 1.94 bits per heavy atom. The molecule has 0 N–H and O–H groups in total. The summed E-state index contributed by atoms with van der Waals surface area (Å²) in [6.07, 6.45) is -4.22. The molecular weight excluding hydrogens is 414 g/mol. The lowest BCUT2D eigenvalue weighted by molar-refractivity contribution is -0.141. The first-order valence-corrected chi connectivity index (χ1v) is 10.5. The van der Waals surface area contributed by atoms with Crippen LogP contribution in [-0.2, 0) is 11.0 Å². The number of hydrogen-bond donors (Lipinski definition) is 0. The number of pyridine rings is 1. The highest BCUT2D eigenvalue weighted by Crippen LogP contribution is 2.35. The van der Waals surface area contributed by atoms with Crippen LogP contribution in [0.2, 0.25) is 0 Å². The van der Waals surface area contributed by atoms with Crippen LogP contribution in [0.5, 0.6) is 5.75 Å². The fraction of sp³-hybridized carbons (Fsp3) is 0.545. The second kappa shape index (κ2) is 8.61. The number of likely N-dealkylation sites (tertiary alicyclic amines) is 2. The molecule has 2 aliphatic rings. The van der Waals surface area contributed by atoms with Gasteiger partial charge < -0.3 is 9.64 Å². The van der Waals surface area contributed by atoms with Crippen molar-refractivity contribution in [3.63, 3.8) is 0 Å². The molecule has 0 spiro atoms. The van der Waals surface area contributed by atoms with E-state index in [2.05, 4.69) is 4.98 Å². The lowest BCUT2D eigenvalue weighted by atomic mass is 10.1. The summed E-state index contributed by atoms with van der Waals surface area (Å²) in [6.45, 7) is 3.40. The summed E-state index contributed by atoms with van der Waals surface area (Å²) in [5, 5.41) is 0.539. The molecule has 2 saturated heterocycles. The second-order valence-electron chi connectivity index (χ2n) is 8.34. The molecule has 0 aliphatic carbocycles. The first kappa shape index (κ1) is 21.8. The van der Waals surface area contributed by atoms with Gasteiger partial charge in [0.25, 0.3) is 0 Å². The predicted octanol–water partition coefficient (Wildman–Crippen LogP) is 4.06. The lowest BCUT2D eigenvalue weighted by Crippen LogP contribution is -2.46. The zero-order chi connectivity index (χ0) is 22.2. The van der Waals surface area contributed by atoms with E-state index in [1.165, 1.54) is 6.07 Å². The maximum absolute atomic E-state index is 13.5. The number of ether oxygens (including phenoxy) is 1. The topological polar surface area (TPSA) is 45.7 Å². The van der Waals surface area contributed by atoms with Gasteiger partial charge in [-0.1, -0.05) is 12.1 Å². The number of para-hydroxylation sites is 1. The van der Waals surface area contributed by atoms with Crippen molar-refractivity contribution < 1.29 is 27.1 Å². The number of rotatable bonds is 4. The normalized spacial score (nSPS) is 23.5. The highest BCUT2D eigenvalue weighted by atomic mass is 19.4. The molecule has 0 unspecified atom stereocenters. The second-order valence-corrected chi connectivity index (χ2v) is 8.34. The van der Waals surface area contributed by atoms with E-state index in [1.807, 2.05) is 11.8 Å². The van der Waals surface area contributed by atoms with E-state index in [0.717, 1.165) is 6.07 Å². The highest BCUT2D eigenvalue weighted by Gasteiger charge is 2.35. The minimum absolute atomic E-state index is 0.0815. The summed E-state index contributed by atoms with van der Waals surface area (Å²) < 4.78 is 59.2. The fourth-order valence-electron chi connectivity index (χ4n) is 4.35. The van der Waals surface area contributed by atoms with Gasteiger partial charge in [0.1, 0.15) is 23.7 Å². The Bertz CT molecular complexity index is 944. The number of piperidine rings is 1. The molecule has 3 heterocycles. The van der Waals surface area contributed by atoms with Gasteiger partial charge in [-0.3, -0.25) is 9.69 Å². The number of fused-ring (bicyclic) bond motifs is 1. The molecule has 5 nitrogen and oxygen atoms in total. The van der Waals surface area contributed by atoms with E-state index in [4.69, 9.17) is 4.74 Å². The Hall–Kier alpha value is -2.42. The molecule has 1 aromatic heterocycles. The molecule has 0 radical (unpaired) electrons. The molecule has 4 rings (SSSR count). The van der Waals surface area contributed by atoms with Crippen LogP contribution in [0.4, 0.5) is 17.6 Å². The van der Waals surface area contributed by atoms with E-state index >= 15 is 0 Å². The maximum Gasteiger partial charge on any atom is 0.433 e. The number of hydrogen-bond acceptors (Lipinski definition) is 4. The molecule has 2 aromatic rings. The van der Waals surface area contributed by atoms with Crippen LogP contribution in [-0.4, -0.2) is 65.2 Å². The number of carbonyl (C=O) groups excluding carboxylic acids is 1. The quantitative estimate of drug-likeness (QED) is 0.675. The van der Waals surface area contributed by atoms with E-state index in [1.54, 1.807) is 23.1 Å². The molecule has 1 aromatic carbocycles. The van der Waals surface area contributed by atoms with Crippen LogP contribution < -0.4 is 4.74 Å². The van der Waals surface area contributed by atoms with Crippen molar-refractivity contribution in [2.45, 2.75) is 50.7 Å². The van der Waals surface area contributed by atoms with Gasteiger partial charge in [-0.25, -0.2) is 9.37 Å². The summed E-state index contributed by atoms with van der Waals surface area (Å²) in [5.74, 6) is 0.0919. The summed E-state index contributed by atoms with van der Waals surface area (Å²) >= 11 is 0. The third-order valence-electron chi connectivity index (χ3n) is 6.00.